The maximum absolute atomic E-state index is 12.8. The van der Waals surface area contributed by atoms with Crippen LogP contribution in [0, 0.1) is 0 Å². The first-order valence-electron chi connectivity index (χ1n) is 7.96. The third kappa shape index (κ3) is 2.69. The van der Waals surface area contributed by atoms with Crippen LogP contribution >= 0.6 is 0 Å². The Morgan fingerprint density at radius 1 is 1.19 bits per heavy atom. The van der Waals surface area contributed by atoms with E-state index in [1.165, 1.54) is 19.3 Å². The summed E-state index contributed by atoms with van der Waals surface area (Å²) >= 11 is 0. The zero-order valence-electron chi connectivity index (χ0n) is 12.9. The third-order valence-electron chi connectivity index (χ3n) is 4.77. The highest BCUT2D eigenvalue weighted by atomic mass is 16.2. The largest absolute Gasteiger partial charge is 0.361 e. The molecule has 1 saturated carbocycles. The lowest BCUT2D eigenvalue weighted by Gasteiger charge is -2.29. The minimum atomic E-state index is -0.517. The van der Waals surface area contributed by atoms with Gasteiger partial charge in [-0.3, -0.25) is 4.79 Å². The van der Waals surface area contributed by atoms with Crippen molar-refractivity contribution in [3.8, 4) is 0 Å². The van der Waals surface area contributed by atoms with Crippen LogP contribution in [0.1, 0.15) is 51.5 Å². The SMILES string of the molecule is CC(C)(C(=O)NC1CCCCC1)c1c[nH]c2ccccc12. The summed E-state index contributed by atoms with van der Waals surface area (Å²) in [6.07, 6.45) is 7.99. The van der Waals surface area contributed by atoms with Gasteiger partial charge in [0, 0.05) is 23.1 Å². The minimum absolute atomic E-state index is 0.138. The predicted molar refractivity (Wildman–Crippen MR) is 86.3 cm³/mol. The Balaban J connectivity index is 1.83. The summed E-state index contributed by atoms with van der Waals surface area (Å²) in [5, 5.41) is 4.40. The van der Waals surface area contributed by atoms with Crippen molar-refractivity contribution in [3.05, 3.63) is 36.0 Å². The molecule has 112 valence electrons. The maximum Gasteiger partial charge on any atom is 0.230 e. The fourth-order valence-electron chi connectivity index (χ4n) is 3.32. The normalized spacial score (nSPS) is 17.0. The molecule has 3 heteroatoms. The van der Waals surface area contributed by atoms with Crippen LogP contribution in [0.2, 0.25) is 0 Å². The van der Waals surface area contributed by atoms with Gasteiger partial charge in [0.2, 0.25) is 5.91 Å². The molecule has 2 aromatic rings. The Kier molecular flexibility index (Phi) is 3.75. The molecule has 3 rings (SSSR count). The number of carbonyl (C=O) groups excluding carboxylic acids is 1. The number of nitrogens with one attached hydrogen (secondary N) is 2. The Hall–Kier alpha value is -1.77. The molecule has 1 aliphatic carbocycles. The van der Waals surface area contributed by atoms with Crippen molar-refractivity contribution < 1.29 is 4.79 Å². The van der Waals surface area contributed by atoms with E-state index in [1.807, 2.05) is 38.2 Å². The van der Waals surface area contributed by atoms with E-state index in [4.69, 9.17) is 0 Å². The van der Waals surface area contributed by atoms with Crippen molar-refractivity contribution in [2.24, 2.45) is 0 Å². The van der Waals surface area contributed by atoms with E-state index in [1.54, 1.807) is 0 Å². The molecule has 21 heavy (non-hydrogen) atoms. The molecular formula is C18H24N2O. The van der Waals surface area contributed by atoms with E-state index >= 15 is 0 Å². The third-order valence-corrected chi connectivity index (χ3v) is 4.77. The topological polar surface area (TPSA) is 44.9 Å². The van der Waals surface area contributed by atoms with Gasteiger partial charge in [0.25, 0.3) is 0 Å². The highest BCUT2D eigenvalue weighted by molar-refractivity contribution is 5.94. The highest BCUT2D eigenvalue weighted by Crippen LogP contribution is 2.31. The monoisotopic (exact) mass is 284 g/mol. The van der Waals surface area contributed by atoms with Crippen LogP contribution in [0.25, 0.3) is 10.9 Å². The molecule has 0 bridgehead atoms. The lowest BCUT2D eigenvalue weighted by atomic mass is 9.82. The van der Waals surface area contributed by atoms with Crippen LogP contribution in [0.4, 0.5) is 0 Å². The molecule has 1 aliphatic rings. The van der Waals surface area contributed by atoms with Crippen molar-refractivity contribution in [3.63, 3.8) is 0 Å². The summed E-state index contributed by atoms with van der Waals surface area (Å²) in [4.78, 5) is 16.0. The van der Waals surface area contributed by atoms with Gasteiger partial charge in [-0.05, 0) is 38.3 Å². The molecule has 1 fully saturated rings. The second-order valence-electron chi connectivity index (χ2n) is 6.68. The number of H-pyrrole nitrogens is 1. The number of hydrogen-bond acceptors (Lipinski definition) is 1. The van der Waals surface area contributed by atoms with Gasteiger partial charge >= 0.3 is 0 Å². The molecule has 2 N–H and O–H groups in total. The number of aromatic amines is 1. The minimum Gasteiger partial charge on any atom is -0.361 e. The molecule has 0 aliphatic heterocycles. The first-order chi connectivity index (χ1) is 10.1. The number of carbonyl (C=O) groups is 1. The molecular weight excluding hydrogens is 260 g/mol. The molecule has 1 aromatic carbocycles. The second kappa shape index (κ2) is 5.55. The first kappa shape index (κ1) is 14.2. The fraction of sp³-hybridized carbons (Fsp3) is 0.500. The van der Waals surface area contributed by atoms with Crippen molar-refractivity contribution in [1.82, 2.24) is 10.3 Å². The number of hydrogen-bond donors (Lipinski definition) is 2. The van der Waals surface area contributed by atoms with Gasteiger partial charge in [0.05, 0.1) is 5.41 Å². The Morgan fingerprint density at radius 2 is 1.90 bits per heavy atom. The van der Waals surface area contributed by atoms with E-state index in [0.29, 0.717) is 6.04 Å². The van der Waals surface area contributed by atoms with E-state index in [9.17, 15) is 4.79 Å². The van der Waals surface area contributed by atoms with Gasteiger partial charge in [-0.1, -0.05) is 37.5 Å². The van der Waals surface area contributed by atoms with E-state index in [2.05, 4.69) is 16.4 Å². The van der Waals surface area contributed by atoms with Gasteiger partial charge in [-0.15, -0.1) is 0 Å². The van der Waals surface area contributed by atoms with Crippen molar-refractivity contribution in [2.45, 2.75) is 57.4 Å². The Labute approximate surface area is 126 Å². The lowest BCUT2D eigenvalue weighted by Crippen LogP contribution is -2.45. The van der Waals surface area contributed by atoms with Crippen LogP contribution in [-0.2, 0) is 10.2 Å². The van der Waals surface area contributed by atoms with Gasteiger partial charge in [-0.2, -0.15) is 0 Å². The van der Waals surface area contributed by atoms with Crippen molar-refractivity contribution in [1.29, 1.82) is 0 Å². The van der Waals surface area contributed by atoms with E-state index in [-0.39, 0.29) is 5.91 Å². The molecule has 0 unspecified atom stereocenters. The molecule has 1 heterocycles. The average molecular weight is 284 g/mol. The fourth-order valence-corrected chi connectivity index (χ4v) is 3.32. The van der Waals surface area contributed by atoms with Crippen molar-refractivity contribution >= 4 is 16.8 Å². The predicted octanol–water partition coefficient (Wildman–Crippen LogP) is 3.89. The Morgan fingerprint density at radius 3 is 2.67 bits per heavy atom. The summed E-state index contributed by atoms with van der Waals surface area (Å²) in [7, 11) is 0. The Bertz CT molecular complexity index is 635. The number of aromatic nitrogens is 1. The van der Waals surface area contributed by atoms with Crippen molar-refractivity contribution in [2.75, 3.05) is 0 Å². The molecule has 1 aromatic heterocycles. The van der Waals surface area contributed by atoms with Crippen LogP contribution < -0.4 is 5.32 Å². The van der Waals surface area contributed by atoms with Gasteiger partial charge < -0.3 is 10.3 Å². The molecule has 0 spiro atoms. The van der Waals surface area contributed by atoms with Gasteiger partial charge in [0.15, 0.2) is 0 Å². The summed E-state index contributed by atoms with van der Waals surface area (Å²) < 4.78 is 0. The number of para-hydroxylation sites is 1. The molecule has 0 radical (unpaired) electrons. The summed E-state index contributed by atoms with van der Waals surface area (Å²) in [6, 6.07) is 8.52. The van der Waals surface area contributed by atoms with Gasteiger partial charge in [0.1, 0.15) is 0 Å². The second-order valence-corrected chi connectivity index (χ2v) is 6.68. The molecule has 0 atom stereocenters. The lowest BCUT2D eigenvalue weighted by molar-refractivity contribution is -0.126. The standard InChI is InChI=1S/C18H24N2O/c1-18(2,17(21)20-13-8-4-3-5-9-13)15-12-19-16-11-7-6-10-14(15)16/h6-7,10-13,19H,3-5,8-9H2,1-2H3,(H,20,21). The van der Waals surface area contributed by atoms with Crippen LogP contribution in [0.15, 0.2) is 30.5 Å². The smallest absolute Gasteiger partial charge is 0.230 e. The zero-order valence-corrected chi connectivity index (χ0v) is 12.9. The van der Waals surface area contributed by atoms with Crippen LogP contribution in [0.5, 0.6) is 0 Å². The van der Waals surface area contributed by atoms with E-state index < -0.39 is 5.41 Å². The number of fused-ring (bicyclic) bond motifs is 1. The molecule has 0 saturated heterocycles. The van der Waals surface area contributed by atoms with E-state index in [0.717, 1.165) is 29.3 Å². The number of rotatable bonds is 3. The zero-order chi connectivity index (χ0) is 14.9. The summed E-state index contributed by atoms with van der Waals surface area (Å²) in [5.74, 6) is 0.138. The van der Waals surface area contributed by atoms with Gasteiger partial charge in [-0.25, -0.2) is 0 Å². The maximum atomic E-state index is 12.8. The summed E-state index contributed by atoms with van der Waals surface area (Å²) in [6.45, 7) is 4.03. The summed E-state index contributed by atoms with van der Waals surface area (Å²) in [5.41, 5.74) is 1.65. The quantitative estimate of drug-likeness (QED) is 0.882. The molecule has 1 amide bonds. The number of benzene rings is 1. The average Bonchev–Trinajstić information content (AvgIpc) is 2.93. The molecule has 3 nitrogen and oxygen atoms in total. The van der Waals surface area contributed by atoms with Crippen LogP contribution in [0.3, 0.4) is 0 Å². The van der Waals surface area contributed by atoms with Crippen LogP contribution in [-0.4, -0.2) is 16.9 Å². The number of amides is 1. The first-order valence-corrected chi connectivity index (χ1v) is 7.96. The highest BCUT2D eigenvalue weighted by Gasteiger charge is 2.33.